The summed E-state index contributed by atoms with van der Waals surface area (Å²) < 4.78 is 30.5. The van der Waals surface area contributed by atoms with E-state index in [0.717, 1.165) is 0 Å². The average Bonchev–Trinajstić information content (AvgIpc) is 2.86. The molecule has 0 aliphatic heterocycles. The smallest absolute Gasteiger partial charge is 0.343 e. The molecule has 0 saturated carbocycles. The van der Waals surface area contributed by atoms with E-state index < -0.39 is 17.7 Å². The first-order chi connectivity index (χ1) is 16.9. The van der Waals surface area contributed by atoms with E-state index >= 15 is 0 Å². The molecule has 3 aromatic rings. The number of rotatable bonds is 8. The van der Waals surface area contributed by atoms with Crippen LogP contribution in [0, 0.1) is 17.1 Å². The van der Waals surface area contributed by atoms with Crippen LogP contribution in [0.5, 0.6) is 17.2 Å². The summed E-state index contributed by atoms with van der Waals surface area (Å²) in [7, 11) is 1.52. The van der Waals surface area contributed by atoms with Gasteiger partial charge in [-0.2, -0.15) is 5.26 Å². The lowest BCUT2D eigenvalue weighted by molar-refractivity contribution is -0.112. The van der Waals surface area contributed by atoms with Crippen molar-refractivity contribution in [2.45, 2.75) is 6.92 Å². The second-order valence-corrected chi connectivity index (χ2v) is 7.84. The maximum absolute atomic E-state index is 13.9. The molecule has 0 aliphatic rings. The van der Waals surface area contributed by atoms with Crippen LogP contribution in [0.2, 0.25) is 0 Å². The molecule has 0 fully saturated rings. The number of nitriles is 1. The van der Waals surface area contributed by atoms with Crippen molar-refractivity contribution in [3.63, 3.8) is 0 Å². The molecule has 35 heavy (non-hydrogen) atoms. The van der Waals surface area contributed by atoms with Gasteiger partial charge in [-0.3, -0.25) is 4.79 Å². The van der Waals surface area contributed by atoms with Gasteiger partial charge in [0.1, 0.15) is 23.2 Å². The lowest BCUT2D eigenvalue weighted by Gasteiger charge is -2.14. The Kier molecular flexibility index (Phi) is 8.59. The van der Waals surface area contributed by atoms with E-state index in [1.165, 1.54) is 37.5 Å². The maximum Gasteiger partial charge on any atom is 0.343 e. The SMILES string of the molecule is CCOc1cc(/C=C(/C#N)C(=O)Nc2ccccc2F)cc(Br)c1OC(=O)c1ccc(OC)cc1. The fourth-order valence-corrected chi connectivity index (χ4v) is 3.52. The second-order valence-electron chi connectivity index (χ2n) is 6.98. The van der Waals surface area contributed by atoms with Gasteiger partial charge in [0.25, 0.3) is 5.91 Å². The lowest BCUT2D eigenvalue weighted by atomic mass is 10.1. The molecule has 0 aromatic heterocycles. The highest BCUT2D eigenvalue weighted by Gasteiger charge is 2.18. The van der Waals surface area contributed by atoms with Gasteiger partial charge in [-0.25, -0.2) is 9.18 Å². The number of hydrogen-bond donors (Lipinski definition) is 1. The van der Waals surface area contributed by atoms with Gasteiger partial charge in [0.15, 0.2) is 11.5 Å². The highest BCUT2D eigenvalue weighted by molar-refractivity contribution is 9.10. The highest BCUT2D eigenvalue weighted by atomic mass is 79.9. The summed E-state index contributed by atoms with van der Waals surface area (Å²) in [6.45, 7) is 2.03. The molecule has 0 heterocycles. The van der Waals surface area contributed by atoms with Crippen LogP contribution in [-0.4, -0.2) is 25.6 Å². The van der Waals surface area contributed by atoms with Gasteiger partial charge in [-0.05, 0) is 83.0 Å². The molecule has 9 heteroatoms. The minimum absolute atomic E-state index is 0.0457. The maximum atomic E-state index is 13.9. The lowest BCUT2D eigenvalue weighted by Crippen LogP contribution is -2.14. The van der Waals surface area contributed by atoms with E-state index in [4.69, 9.17) is 14.2 Å². The molecule has 3 aromatic carbocycles. The number of halogens is 2. The number of esters is 1. The average molecular weight is 539 g/mol. The summed E-state index contributed by atoms with van der Waals surface area (Å²) in [6.07, 6.45) is 1.32. The standard InChI is InChI=1S/C26H20BrFN2O5/c1-3-34-23-14-16(12-18(15-29)25(31)30-22-7-5-4-6-21(22)28)13-20(27)24(23)35-26(32)17-8-10-19(33-2)11-9-17/h4-14H,3H2,1-2H3,(H,30,31)/b18-12-. The molecule has 0 saturated heterocycles. The Balaban J connectivity index is 1.88. The van der Waals surface area contributed by atoms with E-state index in [2.05, 4.69) is 21.2 Å². The van der Waals surface area contributed by atoms with Crippen LogP contribution in [0.25, 0.3) is 6.08 Å². The minimum atomic E-state index is -0.776. The van der Waals surface area contributed by atoms with Gasteiger partial charge >= 0.3 is 5.97 Å². The topological polar surface area (TPSA) is 97.6 Å². The Morgan fingerprint density at radius 2 is 1.86 bits per heavy atom. The minimum Gasteiger partial charge on any atom is -0.497 e. The number of benzene rings is 3. The fraction of sp³-hybridized carbons (Fsp3) is 0.115. The summed E-state index contributed by atoms with van der Waals surface area (Å²) in [5.41, 5.74) is 0.423. The van der Waals surface area contributed by atoms with E-state index in [1.807, 2.05) is 6.07 Å². The van der Waals surface area contributed by atoms with Gasteiger partial charge in [0.05, 0.1) is 29.4 Å². The Morgan fingerprint density at radius 3 is 2.49 bits per heavy atom. The molecule has 7 nitrogen and oxygen atoms in total. The number of hydrogen-bond acceptors (Lipinski definition) is 6. The van der Waals surface area contributed by atoms with Crippen LogP contribution in [0.1, 0.15) is 22.8 Å². The van der Waals surface area contributed by atoms with Crippen molar-refractivity contribution in [3.05, 3.63) is 87.7 Å². The molecule has 0 aliphatic carbocycles. The third-order valence-electron chi connectivity index (χ3n) is 4.65. The normalized spacial score (nSPS) is 10.8. The number of ether oxygens (including phenoxy) is 3. The monoisotopic (exact) mass is 538 g/mol. The molecule has 1 N–H and O–H groups in total. The van der Waals surface area contributed by atoms with E-state index in [0.29, 0.717) is 21.3 Å². The summed E-state index contributed by atoms with van der Waals surface area (Å²) in [5.74, 6) is -1.05. The van der Waals surface area contributed by atoms with Crippen molar-refractivity contribution < 1.29 is 28.2 Å². The zero-order valence-corrected chi connectivity index (χ0v) is 20.4. The Morgan fingerprint density at radius 1 is 1.14 bits per heavy atom. The molecule has 1 amide bonds. The van der Waals surface area contributed by atoms with Crippen molar-refractivity contribution in [1.82, 2.24) is 0 Å². The van der Waals surface area contributed by atoms with E-state index in [9.17, 15) is 19.2 Å². The van der Waals surface area contributed by atoms with Crippen molar-refractivity contribution >= 4 is 39.6 Å². The van der Waals surface area contributed by atoms with E-state index in [1.54, 1.807) is 43.3 Å². The number of anilines is 1. The van der Waals surface area contributed by atoms with Crippen molar-refractivity contribution in [2.75, 3.05) is 19.0 Å². The number of carbonyl (C=O) groups is 2. The first-order valence-corrected chi connectivity index (χ1v) is 11.2. The fourth-order valence-electron chi connectivity index (χ4n) is 2.98. The van der Waals surface area contributed by atoms with Crippen LogP contribution in [0.15, 0.2) is 70.7 Å². The molecule has 0 atom stereocenters. The predicted octanol–water partition coefficient (Wildman–Crippen LogP) is 5.76. The molecule has 0 radical (unpaired) electrons. The highest BCUT2D eigenvalue weighted by Crippen LogP contribution is 2.38. The van der Waals surface area contributed by atoms with Crippen LogP contribution in [-0.2, 0) is 4.79 Å². The van der Waals surface area contributed by atoms with Crippen LogP contribution < -0.4 is 19.5 Å². The van der Waals surface area contributed by atoms with Crippen molar-refractivity contribution in [1.29, 1.82) is 5.26 Å². The molecule has 3 rings (SSSR count). The molecule has 0 unspecified atom stereocenters. The van der Waals surface area contributed by atoms with E-state index in [-0.39, 0.29) is 29.4 Å². The van der Waals surface area contributed by atoms with Crippen LogP contribution in [0.3, 0.4) is 0 Å². The Bertz CT molecular complexity index is 1320. The number of carbonyl (C=O) groups excluding carboxylic acids is 2. The summed E-state index contributed by atoms with van der Waals surface area (Å²) >= 11 is 3.36. The van der Waals surface area contributed by atoms with Crippen LogP contribution >= 0.6 is 15.9 Å². The van der Waals surface area contributed by atoms with Gasteiger partial charge in [0.2, 0.25) is 0 Å². The quantitative estimate of drug-likeness (QED) is 0.169. The Labute approximate surface area is 209 Å². The number of nitrogens with one attached hydrogen (secondary N) is 1. The molecule has 0 bridgehead atoms. The first kappa shape index (κ1) is 25.5. The number of amides is 1. The zero-order valence-electron chi connectivity index (χ0n) is 18.8. The summed E-state index contributed by atoms with van der Waals surface area (Å²) in [6, 6.07) is 16.9. The molecular formula is C26H20BrFN2O5. The molecule has 0 spiro atoms. The summed E-state index contributed by atoms with van der Waals surface area (Å²) in [5, 5.41) is 11.9. The van der Waals surface area contributed by atoms with Gasteiger partial charge in [-0.1, -0.05) is 12.1 Å². The van der Waals surface area contributed by atoms with Gasteiger partial charge in [-0.15, -0.1) is 0 Å². The molecule has 178 valence electrons. The van der Waals surface area contributed by atoms with Gasteiger partial charge < -0.3 is 19.5 Å². The number of para-hydroxylation sites is 1. The first-order valence-electron chi connectivity index (χ1n) is 10.4. The van der Waals surface area contributed by atoms with Crippen molar-refractivity contribution in [2.24, 2.45) is 0 Å². The third kappa shape index (κ3) is 6.46. The predicted molar refractivity (Wildman–Crippen MR) is 132 cm³/mol. The number of nitrogens with zero attached hydrogens (tertiary/aromatic N) is 1. The summed E-state index contributed by atoms with van der Waals surface area (Å²) in [4.78, 5) is 25.2. The van der Waals surface area contributed by atoms with Gasteiger partial charge in [0, 0.05) is 0 Å². The Hall–Kier alpha value is -4.16. The largest absolute Gasteiger partial charge is 0.497 e. The zero-order chi connectivity index (χ0) is 25.4. The van der Waals surface area contributed by atoms with Crippen molar-refractivity contribution in [3.8, 4) is 23.3 Å². The molecular weight excluding hydrogens is 519 g/mol. The number of methoxy groups -OCH3 is 1. The second kappa shape index (κ2) is 11.8. The van der Waals surface area contributed by atoms with Crippen LogP contribution in [0.4, 0.5) is 10.1 Å². The third-order valence-corrected chi connectivity index (χ3v) is 5.24.